The molecule has 3 rings (SSSR count). The minimum absolute atomic E-state index is 0.0985. The Morgan fingerprint density at radius 3 is 2.41 bits per heavy atom. The Morgan fingerprint density at radius 2 is 1.81 bits per heavy atom. The fourth-order valence-corrected chi connectivity index (χ4v) is 3.94. The smallest absolute Gasteiger partial charge is 0.337 e. The Bertz CT molecular complexity index is 1140. The molecule has 0 fully saturated rings. The lowest BCUT2D eigenvalue weighted by molar-refractivity contribution is 0.0698. The van der Waals surface area contributed by atoms with E-state index in [-0.39, 0.29) is 17.1 Å². The van der Waals surface area contributed by atoms with Crippen LogP contribution >= 0.6 is 0 Å². The van der Waals surface area contributed by atoms with E-state index in [0.717, 1.165) is 39.4 Å². The monoisotopic (exact) mass is 432 g/mol. The molecular formula is C27H32N2O3. The van der Waals surface area contributed by atoms with Gasteiger partial charge in [0.25, 0.3) is 0 Å². The number of carbonyl (C=O) groups is 1. The van der Waals surface area contributed by atoms with Gasteiger partial charge in [-0.2, -0.15) is 0 Å². The lowest BCUT2D eigenvalue weighted by Gasteiger charge is -2.25. The van der Waals surface area contributed by atoms with Gasteiger partial charge in [-0.05, 0) is 74.1 Å². The first-order valence-electron chi connectivity index (χ1n) is 10.9. The number of nitrogens with one attached hydrogen (secondary N) is 1. The summed E-state index contributed by atoms with van der Waals surface area (Å²) in [6, 6.07) is 13.5. The van der Waals surface area contributed by atoms with Crippen LogP contribution in [-0.2, 0) is 5.41 Å². The van der Waals surface area contributed by atoms with E-state index in [1.165, 1.54) is 0 Å². The molecule has 0 saturated heterocycles. The van der Waals surface area contributed by atoms with Crippen LogP contribution in [0.1, 0.15) is 61.7 Å². The van der Waals surface area contributed by atoms with E-state index in [2.05, 4.69) is 31.1 Å². The normalized spacial score (nSPS) is 11.5. The maximum Gasteiger partial charge on any atom is 0.337 e. The van der Waals surface area contributed by atoms with Gasteiger partial charge in [0.05, 0.1) is 34.9 Å². The number of pyridine rings is 1. The lowest BCUT2D eigenvalue weighted by Crippen LogP contribution is -2.16. The van der Waals surface area contributed by atoms with Crippen LogP contribution in [0.5, 0.6) is 5.75 Å². The minimum atomic E-state index is -0.959. The molecule has 0 unspecified atom stereocenters. The second-order valence-corrected chi connectivity index (χ2v) is 9.42. The third-order valence-electron chi connectivity index (χ3n) is 5.33. The van der Waals surface area contributed by atoms with Crippen LogP contribution in [0.4, 0.5) is 11.4 Å². The van der Waals surface area contributed by atoms with Crippen molar-refractivity contribution < 1.29 is 14.6 Å². The fourth-order valence-electron chi connectivity index (χ4n) is 3.94. The van der Waals surface area contributed by atoms with Crippen LogP contribution in [-0.4, -0.2) is 22.2 Å². The maximum absolute atomic E-state index is 11.9. The summed E-state index contributed by atoms with van der Waals surface area (Å²) in [6.07, 6.45) is 1.84. The van der Waals surface area contributed by atoms with Gasteiger partial charge in [-0.15, -0.1) is 0 Å². The molecule has 0 aliphatic heterocycles. The summed E-state index contributed by atoms with van der Waals surface area (Å²) in [5.74, 6) is -0.152. The Labute approximate surface area is 190 Å². The van der Waals surface area contributed by atoms with Gasteiger partial charge in [-0.25, -0.2) is 4.79 Å². The Morgan fingerprint density at radius 1 is 1.09 bits per heavy atom. The van der Waals surface area contributed by atoms with Gasteiger partial charge in [0.2, 0.25) is 0 Å². The van der Waals surface area contributed by atoms with Gasteiger partial charge in [0.1, 0.15) is 5.75 Å². The number of aromatic nitrogens is 1. The highest BCUT2D eigenvalue weighted by atomic mass is 16.5. The number of aromatic carboxylic acids is 1. The molecule has 32 heavy (non-hydrogen) atoms. The number of nitrogens with zero attached hydrogens (tertiary/aromatic N) is 1. The van der Waals surface area contributed by atoms with E-state index >= 15 is 0 Å². The molecule has 1 heterocycles. The summed E-state index contributed by atoms with van der Waals surface area (Å²) in [5.41, 5.74) is 6.36. The number of anilines is 2. The van der Waals surface area contributed by atoms with Gasteiger partial charge in [0.15, 0.2) is 0 Å². The van der Waals surface area contributed by atoms with E-state index in [0.29, 0.717) is 5.69 Å². The van der Waals surface area contributed by atoms with Crippen molar-refractivity contribution in [2.45, 2.75) is 60.0 Å². The highest BCUT2D eigenvalue weighted by Gasteiger charge is 2.22. The van der Waals surface area contributed by atoms with Crippen LogP contribution < -0.4 is 10.1 Å². The summed E-state index contributed by atoms with van der Waals surface area (Å²) in [7, 11) is 0. The molecule has 2 aromatic carbocycles. The number of ether oxygens (including phenoxy) is 1. The van der Waals surface area contributed by atoms with Crippen molar-refractivity contribution in [3.05, 3.63) is 70.9 Å². The number of rotatable bonds is 6. The van der Waals surface area contributed by atoms with Gasteiger partial charge in [0, 0.05) is 5.56 Å². The molecule has 3 aromatic rings. The van der Waals surface area contributed by atoms with Gasteiger partial charge < -0.3 is 15.2 Å². The number of hydrogen-bond donors (Lipinski definition) is 2. The molecule has 5 nitrogen and oxygen atoms in total. The van der Waals surface area contributed by atoms with Gasteiger partial charge in [-0.1, -0.05) is 39.0 Å². The van der Waals surface area contributed by atoms with E-state index in [1.54, 1.807) is 12.3 Å². The van der Waals surface area contributed by atoms with E-state index in [1.807, 2.05) is 64.1 Å². The van der Waals surface area contributed by atoms with E-state index in [9.17, 15) is 9.90 Å². The van der Waals surface area contributed by atoms with Gasteiger partial charge in [-0.3, -0.25) is 4.98 Å². The highest BCUT2D eigenvalue weighted by Crippen LogP contribution is 2.35. The van der Waals surface area contributed by atoms with Crippen LogP contribution in [0.15, 0.2) is 48.7 Å². The minimum Gasteiger partial charge on any atom is -0.491 e. The number of carboxylic acid groups (broad SMARTS) is 1. The molecule has 0 bridgehead atoms. The van der Waals surface area contributed by atoms with Crippen molar-refractivity contribution in [3.63, 3.8) is 0 Å². The second-order valence-electron chi connectivity index (χ2n) is 9.42. The van der Waals surface area contributed by atoms with Crippen LogP contribution in [0.2, 0.25) is 0 Å². The zero-order valence-corrected chi connectivity index (χ0v) is 19.9. The van der Waals surface area contributed by atoms with Crippen molar-refractivity contribution in [2.24, 2.45) is 0 Å². The van der Waals surface area contributed by atoms with Crippen LogP contribution in [0, 0.1) is 13.8 Å². The molecular weight excluding hydrogens is 400 g/mol. The average molecular weight is 433 g/mol. The highest BCUT2D eigenvalue weighted by molar-refractivity contribution is 5.96. The molecule has 0 spiro atoms. The SMILES string of the molecule is Cc1cc(Nc2c(C(=O)O)ccc(C(C)(C)C)c2C)cnc1-c1cccc(OC(C)C)c1. The number of benzene rings is 2. The molecule has 0 aliphatic carbocycles. The second kappa shape index (κ2) is 9.03. The number of carboxylic acids is 1. The summed E-state index contributed by atoms with van der Waals surface area (Å²) in [6.45, 7) is 14.3. The molecule has 0 aliphatic rings. The molecule has 0 radical (unpaired) electrons. The Balaban J connectivity index is 1.99. The molecule has 0 amide bonds. The number of aryl methyl sites for hydroxylation is 1. The fraction of sp³-hybridized carbons (Fsp3) is 0.333. The van der Waals surface area contributed by atoms with Crippen molar-refractivity contribution >= 4 is 17.3 Å². The quantitative estimate of drug-likeness (QED) is 0.444. The average Bonchev–Trinajstić information content (AvgIpc) is 2.68. The van der Waals surface area contributed by atoms with Crippen molar-refractivity contribution in [1.29, 1.82) is 0 Å². The standard InChI is InChI=1S/C27H32N2O3/c1-16(2)32-21-10-8-9-19(14-21)24-17(3)13-20(15-28-24)29-25-18(4)23(27(5,6)7)12-11-22(25)26(30)31/h8-16,29H,1-7H3,(H,30,31). The maximum atomic E-state index is 11.9. The van der Waals surface area contributed by atoms with Gasteiger partial charge >= 0.3 is 5.97 Å². The third kappa shape index (κ3) is 5.10. The van der Waals surface area contributed by atoms with Crippen LogP contribution in [0.25, 0.3) is 11.3 Å². The molecule has 2 N–H and O–H groups in total. The van der Waals surface area contributed by atoms with E-state index < -0.39 is 5.97 Å². The third-order valence-corrected chi connectivity index (χ3v) is 5.33. The zero-order valence-electron chi connectivity index (χ0n) is 19.9. The predicted octanol–water partition coefficient (Wildman–Crippen LogP) is 6.89. The topological polar surface area (TPSA) is 71.5 Å². The molecule has 1 aromatic heterocycles. The Kier molecular flexibility index (Phi) is 6.58. The molecule has 0 atom stereocenters. The largest absolute Gasteiger partial charge is 0.491 e. The summed E-state index contributed by atoms with van der Waals surface area (Å²) < 4.78 is 5.81. The lowest BCUT2D eigenvalue weighted by atomic mass is 9.82. The first-order chi connectivity index (χ1) is 15.0. The summed E-state index contributed by atoms with van der Waals surface area (Å²) in [5, 5.41) is 13.1. The first kappa shape index (κ1) is 23.3. The van der Waals surface area contributed by atoms with Crippen molar-refractivity contribution in [1.82, 2.24) is 4.98 Å². The molecule has 0 saturated carbocycles. The zero-order chi connectivity index (χ0) is 23.6. The van der Waals surface area contributed by atoms with Crippen molar-refractivity contribution in [3.8, 4) is 17.0 Å². The van der Waals surface area contributed by atoms with Crippen LogP contribution in [0.3, 0.4) is 0 Å². The predicted molar refractivity (Wildman–Crippen MR) is 130 cm³/mol. The summed E-state index contributed by atoms with van der Waals surface area (Å²) in [4.78, 5) is 16.5. The van der Waals surface area contributed by atoms with E-state index in [4.69, 9.17) is 4.74 Å². The Hall–Kier alpha value is -3.34. The first-order valence-corrected chi connectivity index (χ1v) is 10.9. The molecule has 168 valence electrons. The summed E-state index contributed by atoms with van der Waals surface area (Å²) >= 11 is 0. The number of hydrogen-bond acceptors (Lipinski definition) is 4. The van der Waals surface area contributed by atoms with Crippen molar-refractivity contribution in [2.75, 3.05) is 5.32 Å². The molecule has 5 heteroatoms.